The molecule has 1 amide bonds. The van der Waals surface area contributed by atoms with Gasteiger partial charge in [0.15, 0.2) is 0 Å². The van der Waals surface area contributed by atoms with Crippen molar-refractivity contribution in [1.29, 1.82) is 0 Å². The molecule has 0 saturated carbocycles. The van der Waals surface area contributed by atoms with E-state index in [4.69, 9.17) is 5.73 Å². The summed E-state index contributed by atoms with van der Waals surface area (Å²) in [4.78, 5) is 16.0. The van der Waals surface area contributed by atoms with E-state index < -0.39 is 15.9 Å². The Balaban J connectivity index is 2.40. The highest BCUT2D eigenvalue weighted by molar-refractivity contribution is 7.90. The third-order valence-electron chi connectivity index (χ3n) is 3.25. The highest BCUT2D eigenvalue weighted by Gasteiger charge is 2.25. The highest BCUT2D eigenvalue weighted by Crippen LogP contribution is 2.05. The Bertz CT molecular complexity index is 375. The molecule has 1 aliphatic heterocycles. The van der Waals surface area contributed by atoms with Gasteiger partial charge in [-0.05, 0) is 13.0 Å². The Labute approximate surface area is 109 Å². The normalized spacial score (nSPS) is 19.8. The average Bonchev–Trinajstić information content (AvgIpc) is 2.34. The first-order chi connectivity index (χ1) is 8.33. The first-order valence-corrected chi connectivity index (χ1v) is 8.34. The molecule has 18 heavy (non-hydrogen) atoms. The standard InChI is InChI=1S/C11H23N3O3S/c1-3-13-5-7-14(8-6-13)11(15)10(12)4-9-18(2,16)17/h10H,3-9,12H2,1-2H3. The molecule has 7 heteroatoms. The van der Waals surface area contributed by atoms with E-state index in [2.05, 4.69) is 11.8 Å². The Morgan fingerprint density at radius 1 is 1.28 bits per heavy atom. The van der Waals surface area contributed by atoms with Crippen LogP contribution in [0.1, 0.15) is 13.3 Å². The topological polar surface area (TPSA) is 83.7 Å². The molecule has 0 aromatic rings. The third-order valence-corrected chi connectivity index (χ3v) is 4.23. The van der Waals surface area contributed by atoms with E-state index >= 15 is 0 Å². The van der Waals surface area contributed by atoms with Gasteiger partial charge < -0.3 is 15.5 Å². The molecule has 1 unspecified atom stereocenters. The van der Waals surface area contributed by atoms with Gasteiger partial charge in [-0.25, -0.2) is 8.42 Å². The summed E-state index contributed by atoms with van der Waals surface area (Å²) < 4.78 is 22.1. The summed E-state index contributed by atoms with van der Waals surface area (Å²) in [6.07, 6.45) is 1.36. The molecule has 1 rings (SSSR count). The van der Waals surface area contributed by atoms with Crippen molar-refractivity contribution in [2.24, 2.45) is 5.73 Å². The molecule has 0 aromatic carbocycles. The van der Waals surface area contributed by atoms with Gasteiger partial charge in [-0.3, -0.25) is 4.79 Å². The molecule has 0 spiro atoms. The molecule has 1 fully saturated rings. The molecular formula is C11H23N3O3S. The lowest BCUT2D eigenvalue weighted by atomic mass is 10.2. The molecule has 6 nitrogen and oxygen atoms in total. The van der Waals surface area contributed by atoms with Gasteiger partial charge in [-0.2, -0.15) is 0 Å². The predicted molar refractivity (Wildman–Crippen MR) is 71.0 cm³/mol. The summed E-state index contributed by atoms with van der Waals surface area (Å²) in [6, 6.07) is -0.701. The van der Waals surface area contributed by atoms with Crippen LogP contribution in [0.15, 0.2) is 0 Å². The van der Waals surface area contributed by atoms with Crippen molar-refractivity contribution in [3.05, 3.63) is 0 Å². The number of carbonyl (C=O) groups is 1. The number of nitrogens with zero attached hydrogens (tertiary/aromatic N) is 2. The second kappa shape index (κ2) is 6.49. The summed E-state index contributed by atoms with van der Waals surface area (Å²) in [5.41, 5.74) is 5.75. The van der Waals surface area contributed by atoms with Crippen molar-refractivity contribution < 1.29 is 13.2 Å². The van der Waals surface area contributed by atoms with Crippen molar-refractivity contribution in [3.8, 4) is 0 Å². The van der Waals surface area contributed by atoms with Crippen LogP contribution in [0.25, 0.3) is 0 Å². The number of carbonyl (C=O) groups excluding carboxylic acids is 1. The van der Waals surface area contributed by atoms with Crippen LogP contribution in [-0.2, 0) is 14.6 Å². The monoisotopic (exact) mass is 277 g/mol. The lowest BCUT2D eigenvalue weighted by Crippen LogP contribution is -2.53. The van der Waals surface area contributed by atoms with E-state index in [0.717, 1.165) is 25.9 Å². The van der Waals surface area contributed by atoms with E-state index in [1.54, 1.807) is 4.90 Å². The third kappa shape index (κ3) is 4.91. The van der Waals surface area contributed by atoms with E-state index in [-0.39, 0.29) is 18.1 Å². The number of hydrogen-bond acceptors (Lipinski definition) is 5. The Kier molecular flexibility index (Phi) is 5.55. The first-order valence-electron chi connectivity index (χ1n) is 6.28. The van der Waals surface area contributed by atoms with Crippen molar-refractivity contribution in [2.75, 3.05) is 44.7 Å². The van der Waals surface area contributed by atoms with Gasteiger partial charge in [0, 0.05) is 32.4 Å². The quantitative estimate of drug-likeness (QED) is 0.690. The van der Waals surface area contributed by atoms with E-state index in [1.165, 1.54) is 0 Å². The number of nitrogens with two attached hydrogens (primary N) is 1. The molecule has 1 saturated heterocycles. The average molecular weight is 277 g/mol. The molecule has 0 aliphatic carbocycles. The van der Waals surface area contributed by atoms with Crippen LogP contribution in [0.5, 0.6) is 0 Å². The first kappa shape index (κ1) is 15.4. The van der Waals surface area contributed by atoms with Gasteiger partial charge in [0.1, 0.15) is 9.84 Å². The molecule has 1 aliphatic rings. The molecule has 106 valence electrons. The van der Waals surface area contributed by atoms with Crippen molar-refractivity contribution in [2.45, 2.75) is 19.4 Å². The zero-order valence-electron chi connectivity index (χ0n) is 11.1. The Morgan fingerprint density at radius 2 is 1.83 bits per heavy atom. The zero-order valence-corrected chi connectivity index (χ0v) is 11.9. The number of piperazine rings is 1. The Morgan fingerprint density at radius 3 is 2.28 bits per heavy atom. The maximum atomic E-state index is 12.0. The minimum atomic E-state index is -3.06. The van der Waals surface area contributed by atoms with Crippen LogP contribution in [0.4, 0.5) is 0 Å². The second-order valence-corrected chi connectivity index (χ2v) is 7.04. The predicted octanol–water partition coefficient (Wildman–Crippen LogP) is -1.09. The lowest BCUT2D eigenvalue weighted by molar-refractivity contribution is -0.134. The number of amides is 1. The molecular weight excluding hydrogens is 254 g/mol. The summed E-state index contributed by atoms with van der Waals surface area (Å²) in [6.45, 7) is 6.16. The van der Waals surface area contributed by atoms with E-state index in [1.807, 2.05) is 0 Å². The summed E-state index contributed by atoms with van der Waals surface area (Å²) in [5.74, 6) is -0.163. The fraction of sp³-hybridized carbons (Fsp3) is 0.909. The summed E-state index contributed by atoms with van der Waals surface area (Å²) in [5, 5.41) is 0. The van der Waals surface area contributed by atoms with E-state index in [9.17, 15) is 13.2 Å². The van der Waals surface area contributed by atoms with Crippen LogP contribution < -0.4 is 5.73 Å². The lowest BCUT2D eigenvalue weighted by Gasteiger charge is -2.35. The zero-order chi connectivity index (χ0) is 13.8. The number of rotatable bonds is 5. The van der Waals surface area contributed by atoms with Gasteiger partial charge >= 0.3 is 0 Å². The minimum Gasteiger partial charge on any atom is -0.339 e. The minimum absolute atomic E-state index is 0.0329. The molecule has 0 radical (unpaired) electrons. The van der Waals surface area contributed by atoms with Crippen molar-refractivity contribution >= 4 is 15.7 Å². The van der Waals surface area contributed by atoms with Gasteiger partial charge in [-0.1, -0.05) is 6.92 Å². The van der Waals surface area contributed by atoms with Crippen molar-refractivity contribution in [1.82, 2.24) is 9.80 Å². The van der Waals surface area contributed by atoms with Gasteiger partial charge in [0.2, 0.25) is 5.91 Å². The van der Waals surface area contributed by atoms with Crippen LogP contribution >= 0.6 is 0 Å². The van der Waals surface area contributed by atoms with Crippen LogP contribution in [0, 0.1) is 0 Å². The molecule has 2 N–H and O–H groups in total. The molecule has 0 aromatic heterocycles. The Hall–Kier alpha value is -0.660. The largest absolute Gasteiger partial charge is 0.339 e. The van der Waals surface area contributed by atoms with Gasteiger partial charge in [0.25, 0.3) is 0 Å². The summed E-state index contributed by atoms with van der Waals surface area (Å²) in [7, 11) is -3.06. The highest BCUT2D eigenvalue weighted by atomic mass is 32.2. The molecule has 1 atom stereocenters. The van der Waals surface area contributed by atoms with Crippen LogP contribution in [0.3, 0.4) is 0 Å². The second-order valence-electron chi connectivity index (χ2n) is 4.78. The maximum absolute atomic E-state index is 12.0. The summed E-state index contributed by atoms with van der Waals surface area (Å²) >= 11 is 0. The van der Waals surface area contributed by atoms with Crippen LogP contribution in [0.2, 0.25) is 0 Å². The number of hydrogen-bond donors (Lipinski definition) is 1. The number of sulfone groups is 1. The van der Waals surface area contributed by atoms with E-state index in [0.29, 0.717) is 13.1 Å². The smallest absolute Gasteiger partial charge is 0.239 e. The van der Waals surface area contributed by atoms with Crippen molar-refractivity contribution in [3.63, 3.8) is 0 Å². The maximum Gasteiger partial charge on any atom is 0.239 e. The van der Waals surface area contributed by atoms with Gasteiger partial charge in [0.05, 0.1) is 11.8 Å². The fourth-order valence-corrected chi connectivity index (χ4v) is 2.67. The molecule has 0 bridgehead atoms. The van der Waals surface area contributed by atoms with Crippen LogP contribution in [-0.4, -0.2) is 74.9 Å². The number of likely N-dealkylation sites (N-methyl/N-ethyl adjacent to an activating group) is 1. The molecule has 1 heterocycles. The SMILES string of the molecule is CCN1CCN(C(=O)C(N)CCS(C)(=O)=O)CC1. The van der Waals surface area contributed by atoms with Gasteiger partial charge in [-0.15, -0.1) is 0 Å². The fourth-order valence-electron chi connectivity index (χ4n) is 1.98.